The normalized spacial score (nSPS) is 14.1. The fraction of sp³-hybridized carbons (Fsp3) is 0.536. The van der Waals surface area contributed by atoms with Crippen molar-refractivity contribution in [3.8, 4) is 23.0 Å². The number of urea groups is 2. The molecule has 0 bridgehead atoms. The first-order valence-electron chi connectivity index (χ1n) is 39.6. The molecule has 2 fully saturated rings. The number of hydrogen-bond donors (Lipinski definition) is 7. The minimum atomic E-state index is -0.833. The molecule has 8 rings (SSSR count). The number of amides is 5. The van der Waals surface area contributed by atoms with Crippen LogP contribution in [0.2, 0.25) is 0 Å². The number of halogens is 20. The molecule has 1 aliphatic carbocycles. The second kappa shape index (κ2) is 81.6. The van der Waals surface area contributed by atoms with Crippen molar-refractivity contribution in [1.82, 2.24) is 25.8 Å². The van der Waals surface area contributed by atoms with Crippen molar-refractivity contribution in [2.75, 3.05) is 59.8 Å². The maximum absolute atomic E-state index is 13.3. The van der Waals surface area contributed by atoms with Crippen LogP contribution in [0.4, 0.5) is 23.2 Å². The maximum Gasteiger partial charge on any atom is 0.309 e. The SMILES string of the molecule is CC(C)CCO.CC(C)CCOC(=O)NCc1ccc(OCC(C)C)cc1.CC(C)COc1ccc(CN)cc1.CC(C)COc1ccc(CN=O)cc1.CC(C)COc1ccc(CNC(=O)N(Cc2ccc(F)cc2)C2CCN(C)CC2)cc1.CC1CCC(NCc2ccc(F)cc2)CC1.I.II(I)I(I)I(I)I.I[I-]I(I)I(I)I(I)I.NC(N)=O. The van der Waals surface area contributed by atoms with Crippen LogP contribution in [0.15, 0.2) is 151 Å². The fourth-order valence-electron chi connectivity index (χ4n) is 9.96. The zero-order valence-corrected chi connectivity index (χ0v) is 111. The summed E-state index contributed by atoms with van der Waals surface area (Å²) in [7, 11) is 0.369. The molecule has 5 amide bonds. The molecule has 1 saturated carbocycles. The Morgan fingerprint density at radius 2 is 0.870 bits per heavy atom. The zero-order valence-electron chi connectivity index (χ0n) is 72.4. The third-order valence-corrected chi connectivity index (χ3v) is 760. The number of alkyl carbamates (subject to hydrolysis) is 1. The van der Waals surface area contributed by atoms with E-state index in [1.165, 1.54) is 55.5 Å². The van der Waals surface area contributed by atoms with E-state index in [2.05, 4.69) is 321 Å². The van der Waals surface area contributed by atoms with Gasteiger partial charge in [-0.1, -0.05) is 168 Å². The van der Waals surface area contributed by atoms with E-state index in [-0.39, 0.29) is 108 Å². The van der Waals surface area contributed by atoms with E-state index in [0.29, 0.717) is 114 Å². The van der Waals surface area contributed by atoms with Crippen LogP contribution in [-0.2, 0) is 44.0 Å². The number of likely N-dealkylation sites (tertiary alicyclic amines) is 1. The van der Waals surface area contributed by atoms with Crippen molar-refractivity contribution < 1.29 is 65.2 Å². The van der Waals surface area contributed by atoms with E-state index in [1.54, 1.807) is 12.1 Å². The first-order chi connectivity index (χ1) is 57.7. The Hall–Kier alpha value is 4.77. The van der Waals surface area contributed by atoms with Crippen LogP contribution in [0.25, 0.3) is 0 Å². The molecule has 10 N–H and O–H groups in total. The number of benzene rings is 6. The minimum Gasteiger partial charge on any atom is -0.352 e. The number of nitrogens with one attached hydrogen (secondary N) is 3. The predicted molar refractivity (Wildman–Crippen MR) is 662 cm³/mol. The first-order valence-corrected chi connectivity index (χ1v) is 134. The molecule has 19 nitrogen and oxygen atoms in total. The molecule has 0 spiro atoms. The van der Waals surface area contributed by atoms with Gasteiger partial charge in [0, 0.05) is 51.4 Å². The molecule has 123 heavy (non-hydrogen) atoms. The Morgan fingerprint density at radius 1 is 0.520 bits per heavy atom. The summed E-state index contributed by atoms with van der Waals surface area (Å²) < 4.78 is 53.4. The van der Waals surface area contributed by atoms with E-state index in [0.717, 1.165) is 109 Å². The average Bonchev–Trinajstić information content (AvgIpc) is 0.838. The number of rotatable bonds is 35. The molecule has 6 aromatic rings. The smallest absolute Gasteiger partial charge is 0.309 e. The van der Waals surface area contributed by atoms with Gasteiger partial charge in [0.15, 0.2) is 0 Å². The number of carbonyl (C=O) groups excluding carboxylic acids is 3. The van der Waals surface area contributed by atoms with Gasteiger partial charge in [-0.2, -0.15) is 4.91 Å². The van der Waals surface area contributed by atoms with Crippen molar-refractivity contribution in [3.63, 3.8) is 0 Å². The topological polar surface area (TPSA) is 268 Å². The van der Waals surface area contributed by atoms with Crippen LogP contribution in [-0.4, -0.2) is 105 Å². The van der Waals surface area contributed by atoms with Crippen LogP contribution in [0.1, 0.15) is 175 Å². The molecule has 0 atom stereocenters. The van der Waals surface area contributed by atoms with E-state index in [1.807, 2.05) is 114 Å². The van der Waals surface area contributed by atoms with Gasteiger partial charge in [-0.05, 0) is 219 Å². The minimum absolute atomic E-state index is 0. The number of aliphatic hydroxyl groups is 1. The van der Waals surface area contributed by atoms with Crippen molar-refractivity contribution in [2.45, 2.75) is 193 Å². The van der Waals surface area contributed by atoms with Crippen molar-refractivity contribution in [1.29, 1.82) is 0 Å². The van der Waals surface area contributed by atoms with Gasteiger partial charge in [-0.3, -0.25) is 0 Å². The van der Waals surface area contributed by atoms with Crippen LogP contribution >= 0.6 is 258 Å². The molecule has 1 saturated heterocycles. The Bertz CT molecular complexity index is 3590. The summed E-state index contributed by atoms with van der Waals surface area (Å²) >= 11 is 28.2. The van der Waals surface area contributed by atoms with Crippen molar-refractivity contribution in [3.05, 3.63) is 196 Å². The molecule has 39 heteroatoms. The van der Waals surface area contributed by atoms with Gasteiger partial charge in [0.1, 0.15) is 41.2 Å². The molecule has 0 unspecified atom stereocenters. The summed E-state index contributed by atoms with van der Waals surface area (Å²) in [5.74, 6) is 7.18. The Morgan fingerprint density at radius 3 is 1.19 bits per heavy atom. The second-order valence-electron chi connectivity index (χ2n) is 30.3. The number of nitroso groups, excluding NO2 is 1. The number of nitrogens with two attached hydrogens (primary N) is 3. The molecule has 1 aliphatic heterocycles. The van der Waals surface area contributed by atoms with Gasteiger partial charge in [0.25, 0.3) is 0 Å². The molecule has 2 aliphatic rings. The van der Waals surface area contributed by atoms with Crippen molar-refractivity contribution >= 4 is 276 Å². The van der Waals surface area contributed by atoms with Gasteiger partial charge < -0.3 is 71.7 Å². The largest absolute Gasteiger partial charge is 0.352 e. The summed E-state index contributed by atoms with van der Waals surface area (Å²) in [6.07, 6.45) is 8.55. The van der Waals surface area contributed by atoms with Crippen LogP contribution < -0.4 is 65.4 Å². The number of hydrogen-bond acceptors (Lipinski definition) is 14. The van der Waals surface area contributed by atoms with E-state index in [4.69, 9.17) is 39.3 Å². The molecule has 0 radical (unpaired) electrons. The van der Waals surface area contributed by atoms with Gasteiger partial charge in [-0.25, -0.2) is 23.2 Å². The zero-order chi connectivity index (χ0) is 92.1. The number of aliphatic hydroxyl groups excluding tert-OH is 1. The Labute approximate surface area is 883 Å². The monoisotopic (exact) mass is 3750 g/mol. The molecule has 1 heterocycles. The summed E-state index contributed by atoms with van der Waals surface area (Å²) in [5.41, 5.74) is 20.2. The van der Waals surface area contributed by atoms with Crippen LogP contribution in [0.5, 0.6) is 23.0 Å². The van der Waals surface area contributed by atoms with Gasteiger partial charge in [-0.15, -0.1) is 24.0 Å². The number of primary amides is 2. The fourth-order valence-corrected chi connectivity index (χ4v) is 1060. The summed E-state index contributed by atoms with van der Waals surface area (Å²) in [6, 6.07) is 44.0. The van der Waals surface area contributed by atoms with Gasteiger partial charge in [0.2, 0.25) is 0 Å². The third kappa shape index (κ3) is 73.6. The molecular formula is C84H130F2I18N9O10-. The molecule has 712 valence electrons. The second-order valence-corrected chi connectivity index (χ2v) is 339. The Kier molecular flexibility index (Phi) is 86.1. The van der Waals surface area contributed by atoms with E-state index < -0.39 is 6.03 Å². The standard InChI is InChI=1S/C25H34FN3O2.C17H27NO3.C14H20FN.C11H15NO2.C11H17NO.C5H12O.CH4N2O.I9.I8.HI/c1-19(2)18-31-24-10-6-20(7-11-24)16-27-25(30)29(23-12-14-28(3)15-13-23)17-21-4-8-22(26)9-5-21;1-13(2)9-10-20-17(19)18-11-15-5-7-16(8-6-15)21-12-14(3)4;1-11-2-8-14(9-3-11)16-10-12-4-6-13(15)7-5-12;1-9(2)8-14-11-5-3-10(4-6-11)7-12-13;1-9(2)8-13-11-5-3-10(7-12)4-6-11;1-5(2)3-4-6;2-1(3)4;1-6-8(4)9(5)7(2)3;1-6(2)8(5)7(3)4;/h4-11,19,23H,12-18H2,1-3H3,(H,27,30);5-8,13-14H,9-12H2,1-4H3,(H,18,19);4-7,11,14,16H,2-3,8-10H2,1H3;3-6,9H,7-8H2,1-2H3;3-6,9H,7-8,12H2,1-2H3;5-6H,3-4H2,1-2H3;(H4,2,3,4);;;1H/q;;;;;;;-1;;. The van der Waals surface area contributed by atoms with Crippen molar-refractivity contribution in [2.24, 2.45) is 63.8 Å². The van der Waals surface area contributed by atoms with Gasteiger partial charge >= 0.3 is 265 Å². The maximum atomic E-state index is 13.3. The average molecular weight is 3750 g/mol. The number of ether oxygens (including phenoxy) is 5. The molecule has 0 aromatic heterocycles. The van der Waals surface area contributed by atoms with E-state index >= 15 is 0 Å². The summed E-state index contributed by atoms with van der Waals surface area (Å²) in [4.78, 5) is 47.8. The predicted octanol–water partition coefficient (Wildman–Crippen LogP) is 29.2. The van der Waals surface area contributed by atoms with Crippen LogP contribution in [0.3, 0.4) is 0 Å². The Balaban J connectivity index is 0. The van der Waals surface area contributed by atoms with E-state index in [9.17, 15) is 23.3 Å². The first kappa shape index (κ1) is 130. The summed E-state index contributed by atoms with van der Waals surface area (Å²) in [6.45, 7) is 36.3. The number of nitrogens with zero attached hydrogens (tertiary/aromatic N) is 3. The van der Waals surface area contributed by atoms with Gasteiger partial charge in [0.05, 0.1) is 33.0 Å². The molecular weight excluding hydrogens is 3620 g/mol. The molecule has 6 aromatic carbocycles. The number of piperidine rings is 1. The number of carbonyl (C=O) groups is 3. The summed E-state index contributed by atoms with van der Waals surface area (Å²) in [5, 5.41) is 20.4. The third-order valence-electron chi connectivity index (χ3n) is 16.6. The quantitative estimate of drug-likeness (QED) is 0.0144. The van der Waals surface area contributed by atoms with Crippen LogP contribution in [0, 0.1) is 58.0 Å².